The molecule has 0 saturated carbocycles. The molecule has 1 atom stereocenters. The number of amides is 1. The van der Waals surface area contributed by atoms with Gasteiger partial charge in [-0.05, 0) is 39.6 Å². The largest absolute Gasteiger partial charge is 0.374 e. The first-order valence-electron chi connectivity index (χ1n) is 8.46. The average Bonchev–Trinajstić information content (AvgIpc) is 2.58. The van der Waals surface area contributed by atoms with Crippen molar-refractivity contribution in [1.29, 1.82) is 0 Å². The van der Waals surface area contributed by atoms with Gasteiger partial charge in [0.25, 0.3) is 5.91 Å². The zero-order valence-electron chi connectivity index (χ0n) is 14.7. The summed E-state index contributed by atoms with van der Waals surface area (Å²) in [6.07, 6.45) is 1.05. The second-order valence-corrected chi connectivity index (χ2v) is 6.66. The minimum Gasteiger partial charge on any atom is -0.374 e. The number of benzene rings is 1. The minimum absolute atomic E-state index is 0.0786. The van der Waals surface area contributed by atoms with E-state index in [-0.39, 0.29) is 12.0 Å². The van der Waals surface area contributed by atoms with Gasteiger partial charge in [-0.3, -0.25) is 9.78 Å². The van der Waals surface area contributed by atoms with Crippen molar-refractivity contribution in [2.24, 2.45) is 0 Å². The van der Waals surface area contributed by atoms with Crippen molar-refractivity contribution >= 4 is 16.8 Å². The van der Waals surface area contributed by atoms with Gasteiger partial charge in [-0.2, -0.15) is 0 Å². The molecule has 5 nitrogen and oxygen atoms in total. The van der Waals surface area contributed by atoms with Gasteiger partial charge in [0, 0.05) is 30.7 Å². The number of carbonyl (C=O) groups is 1. The van der Waals surface area contributed by atoms with Crippen LogP contribution in [0.25, 0.3) is 10.9 Å². The lowest BCUT2D eigenvalue weighted by Crippen LogP contribution is -2.46. The Balaban J connectivity index is 1.81. The smallest absolute Gasteiger partial charge is 0.254 e. The van der Waals surface area contributed by atoms with E-state index in [0.717, 1.165) is 35.1 Å². The zero-order chi connectivity index (χ0) is 17.1. The SMILES string of the molecule is Cc1cc(C(=O)N2CCOC(CCN(C)C)C2)c2ccccc2n1. The van der Waals surface area contributed by atoms with Crippen molar-refractivity contribution in [2.75, 3.05) is 40.3 Å². The van der Waals surface area contributed by atoms with Crippen LogP contribution >= 0.6 is 0 Å². The molecule has 0 N–H and O–H groups in total. The van der Waals surface area contributed by atoms with Gasteiger partial charge in [-0.1, -0.05) is 18.2 Å². The Bertz CT molecular complexity index is 730. The molecule has 0 bridgehead atoms. The Morgan fingerprint density at radius 1 is 1.38 bits per heavy atom. The van der Waals surface area contributed by atoms with Crippen molar-refractivity contribution in [1.82, 2.24) is 14.8 Å². The maximum atomic E-state index is 13.1. The first-order chi connectivity index (χ1) is 11.5. The lowest BCUT2D eigenvalue weighted by atomic mass is 10.1. The molecular formula is C19H25N3O2. The minimum atomic E-state index is 0.0786. The number of hydrogen-bond acceptors (Lipinski definition) is 4. The van der Waals surface area contributed by atoms with Crippen LogP contribution in [-0.2, 0) is 4.74 Å². The van der Waals surface area contributed by atoms with Gasteiger partial charge < -0.3 is 14.5 Å². The number of fused-ring (bicyclic) bond motifs is 1. The lowest BCUT2D eigenvalue weighted by Gasteiger charge is -2.33. The van der Waals surface area contributed by atoms with Gasteiger partial charge in [0.15, 0.2) is 0 Å². The molecule has 1 aromatic carbocycles. The molecule has 1 aromatic heterocycles. The fourth-order valence-corrected chi connectivity index (χ4v) is 3.14. The van der Waals surface area contributed by atoms with Crippen LogP contribution in [0.1, 0.15) is 22.5 Å². The molecule has 5 heteroatoms. The topological polar surface area (TPSA) is 45.7 Å². The van der Waals surface area contributed by atoms with E-state index >= 15 is 0 Å². The Morgan fingerprint density at radius 2 is 2.17 bits per heavy atom. The van der Waals surface area contributed by atoms with E-state index in [4.69, 9.17) is 4.74 Å². The van der Waals surface area contributed by atoms with Crippen LogP contribution in [0.2, 0.25) is 0 Å². The van der Waals surface area contributed by atoms with Crippen molar-refractivity contribution in [2.45, 2.75) is 19.4 Å². The van der Waals surface area contributed by atoms with E-state index in [1.165, 1.54) is 0 Å². The quantitative estimate of drug-likeness (QED) is 0.865. The summed E-state index contributed by atoms with van der Waals surface area (Å²) in [5, 5.41) is 0.921. The Labute approximate surface area is 143 Å². The van der Waals surface area contributed by atoms with Crippen LogP contribution < -0.4 is 0 Å². The number of nitrogens with zero attached hydrogens (tertiary/aromatic N) is 3. The molecule has 1 unspecified atom stereocenters. The Morgan fingerprint density at radius 3 is 2.96 bits per heavy atom. The third-order valence-corrected chi connectivity index (χ3v) is 4.40. The molecule has 0 radical (unpaired) electrons. The maximum absolute atomic E-state index is 13.1. The van der Waals surface area contributed by atoms with E-state index in [9.17, 15) is 4.79 Å². The van der Waals surface area contributed by atoms with Crippen molar-refractivity contribution in [3.05, 3.63) is 41.6 Å². The standard InChI is InChI=1S/C19H25N3O2/c1-14-12-17(16-6-4-5-7-18(16)20-14)19(23)22-10-11-24-15(13-22)8-9-21(2)3/h4-7,12,15H,8-11,13H2,1-3H3. The van der Waals surface area contributed by atoms with Gasteiger partial charge in [0.1, 0.15) is 0 Å². The van der Waals surface area contributed by atoms with Crippen LogP contribution in [0.15, 0.2) is 30.3 Å². The molecule has 2 heterocycles. The van der Waals surface area contributed by atoms with Crippen LogP contribution in [0.3, 0.4) is 0 Å². The van der Waals surface area contributed by atoms with E-state index in [2.05, 4.69) is 24.0 Å². The highest BCUT2D eigenvalue weighted by Crippen LogP contribution is 2.21. The molecule has 24 heavy (non-hydrogen) atoms. The number of rotatable bonds is 4. The molecule has 1 saturated heterocycles. The van der Waals surface area contributed by atoms with Crippen molar-refractivity contribution in [3.8, 4) is 0 Å². The van der Waals surface area contributed by atoms with E-state index in [0.29, 0.717) is 19.7 Å². The van der Waals surface area contributed by atoms with Crippen LogP contribution in [0, 0.1) is 6.92 Å². The van der Waals surface area contributed by atoms with E-state index in [1.807, 2.05) is 42.2 Å². The third kappa shape index (κ3) is 3.74. The predicted octanol–water partition coefficient (Wildman–Crippen LogP) is 2.34. The maximum Gasteiger partial charge on any atom is 0.254 e. The third-order valence-electron chi connectivity index (χ3n) is 4.40. The fourth-order valence-electron chi connectivity index (χ4n) is 3.14. The van der Waals surface area contributed by atoms with Gasteiger partial charge in [0.2, 0.25) is 0 Å². The molecule has 1 fully saturated rings. The molecule has 1 aliphatic heterocycles. The predicted molar refractivity (Wildman–Crippen MR) is 95.3 cm³/mol. The highest BCUT2D eigenvalue weighted by molar-refractivity contribution is 6.06. The van der Waals surface area contributed by atoms with Gasteiger partial charge in [-0.25, -0.2) is 0 Å². The molecule has 2 aromatic rings. The monoisotopic (exact) mass is 327 g/mol. The molecule has 1 aliphatic rings. The first kappa shape index (κ1) is 16.9. The Kier molecular flexibility index (Phi) is 5.11. The fraction of sp³-hybridized carbons (Fsp3) is 0.474. The number of pyridine rings is 1. The van der Waals surface area contributed by atoms with Crippen LogP contribution in [0.4, 0.5) is 0 Å². The summed E-state index contributed by atoms with van der Waals surface area (Å²) < 4.78 is 5.82. The number of aryl methyl sites for hydroxylation is 1. The number of carbonyl (C=O) groups excluding carboxylic acids is 1. The normalized spacial score (nSPS) is 18.3. The van der Waals surface area contributed by atoms with Crippen molar-refractivity contribution < 1.29 is 9.53 Å². The molecular weight excluding hydrogens is 302 g/mol. The summed E-state index contributed by atoms with van der Waals surface area (Å²) in [6.45, 7) is 4.80. The van der Waals surface area contributed by atoms with Crippen LogP contribution in [0.5, 0.6) is 0 Å². The van der Waals surface area contributed by atoms with Crippen molar-refractivity contribution in [3.63, 3.8) is 0 Å². The van der Waals surface area contributed by atoms with E-state index in [1.54, 1.807) is 0 Å². The second-order valence-electron chi connectivity index (χ2n) is 6.66. The highest BCUT2D eigenvalue weighted by Gasteiger charge is 2.26. The number of aromatic nitrogens is 1. The van der Waals surface area contributed by atoms with E-state index < -0.39 is 0 Å². The van der Waals surface area contributed by atoms with Crippen LogP contribution in [-0.4, -0.2) is 67.1 Å². The molecule has 128 valence electrons. The highest BCUT2D eigenvalue weighted by atomic mass is 16.5. The summed E-state index contributed by atoms with van der Waals surface area (Å²) >= 11 is 0. The van der Waals surface area contributed by atoms with Gasteiger partial charge in [0.05, 0.1) is 23.8 Å². The first-order valence-corrected chi connectivity index (χ1v) is 8.46. The number of hydrogen-bond donors (Lipinski definition) is 0. The zero-order valence-corrected chi connectivity index (χ0v) is 14.7. The Hall–Kier alpha value is -1.98. The average molecular weight is 327 g/mol. The summed E-state index contributed by atoms with van der Waals surface area (Å²) in [5.41, 5.74) is 2.49. The summed E-state index contributed by atoms with van der Waals surface area (Å²) in [4.78, 5) is 21.7. The van der Waals surface area contributed by atoms with Gasteiger partial charge in [-0.15, -0.1) is 0 Å². The summed E-state index contributed by atoms with van der Waals surface area (Å²) in [7, 11) is 4.11. The molecule has 1 amide bonds. The second kappa shape index (κ2) is 7.28. The number of para-hydroxylation sites is 1. The summed E-state index contributed by atoms with van der Waals surface area (Å²) in [6, 6.07) is 9.73. The molecule has 0 spiro atoms. The summed E-state index contributed by atoms with van der Waals surface area (Å²) in [5.74, 6) is 0.0786. The molecule has 3 rings (SSSR count). The van der Waals surface area contributed by atoms with Gasteiger partial charge >= 0.3 is 0 Å². The lowest BCUT2D eigenvalue weighted by molar-refractivity contribution is -0.0269. The molecule has 0 aliphatic carbocycles. The number of morpholine rings is 1. The number of ether oxygens (including phenoxy) is 1.